The molecule has 0 spiro atoms. The van der Waals surface area contributed by atoms with E-state index >= 15 is 0 Å². The number of hydrogen-bond donors (Lipinski definition) is 0. The molecule has 0 saturated heterocycles. The molecule has 0 N–H and O–H groups in total. The Morgan fingerprint density at radius 2 is 1.90 bits per heavy atom. The molecule has 0 unspecified atom stereocenters. The molecule has 3 nitrogen and oxygen atoms in total. The maximum atomic E-state index is 12.3. The Bertz CT molecular complexity index is 779. The molecule has 0 bridgehead atoms. The number of benzene rings is 2. The highest BCUT2D eigenvalue weighted by molar-refractivity contribution is 6.30. The number of nitrogens with zero attached hydrogens (tertiary/aromatic N) is 1. The van der Waals surface area contributed by atoms with Crippen molar-refractivity contribution >= 4 is 28.2 Å². The first-order valence-electron chi connectivity index (χ1n) is 6.48. The summed E-state index contributed by atoms with van der Waals surface area (Å²) in [6.45, 7) is -0.0182. The van der Waals surface area contributed by atoms with Gasteiger partial charge >= 0.3 is 0 Å². The normalized spacial score (nSPS) is 10.5. The van der Waals surface area contributed by atoms with E-state index in [1.165, 1.54) is 0 Å². The molecule has 0 fully saturated rings. The Labute approximate surface area is 127 Å². The fourth-order valence-corrected chi connectivity index (χ4v) is 2.24. The van der Waals surface area contributed by atoms with Crippen molar-refractivity contribution in [1.82, 2.24) is 4.98 Å². The van der Waals surface area contributed by atoms with Gasteiger partial charge in [0.15, 0.2) is 6.61 Å². The molecule has 1 aromatic heterocycles. The van der Waals surface area contributed by atoms with Crippen molar-refractivity contribution in [2.75, 3.05) is 6.61 Å². The van der Waals surface area contributed by atoms with Crippen LogP contribution in [0.5, 0.6) is 5.75 Å². The standard InChI is InChI=1S/C17H12ClNO2/c18-13-4-6-14(7-5-13)21-11-17(20)15-3-1-2-12-8-9-19-10-16(12)15/h1-10H,11H2. The molecule has 0 amide bonds. The molecule has 104 valence electrons. The van der Waals surface area contributed by atoms with Crippen molar-refractivity contribution in [2.45, 2.75) is 0 Å². The largest absolute Gasteiger partial charge is 0.485 e. The van der Waals surface area contributed by atoms with Crippen LogP contribution in [0.4, 0.5) is 0 Å². The van der Waals surface area contributed by atoms with Crippen LogP contribution in [0.15, 0.2) is 60.9 Å². The Morgan fingerprint density at radius 3 is 2.71 bits per heavy atom. The summed E-state index contributed by atoms with van der Waals surface area (Å²) in [5.74, 6) is 0.537. The quantitative estimate of drug-likeness (QED) is 0.679. The molecule has 3 rings (SSSR count). The highest BCUT2D eigenvalue weighted by atomic mass is 35.5. The van der Waals surface area contributed by atoms with E-state index in [0.29, 0.717) is 16.3 Å². The van der Waals surface area contributed by atoms with Crippen LogP contribution < -0.4 is 4.74 Å². The van der Waals surface area contributed by atoms with Crippen molar-refractivity contribution in [3.63, 3.8) is 0 Å². The number of carbonyl (C=O) groups excluding carboxylic acids is 1. The van der Waals surface area contributed by atoms with Gasteiger partial charge in [-0.15, -0.1) is 0 Å². The second kappa shape index (κ2) is 5.94. The van der Waals surface area contributed by atoms with Crippen LogP contribution >= 0.6 is 11.6 Å². The van der Waals surface area contributed by atoms with Crippen LogP contribution in [-0.4, -0.2) is 17.4 Å². The third kappa shape index (κ3) is 3.03. The summed E-state index contributed by atoms with van der Waals surface area (Å²) in [6.07, 6.45) is 3.41. The highest BCUT2D eigenvalue weighted by Gasteiger charge is 2.10. The van der Waals surface area contributed by atoms with Gasteiger partial charge in [0.25, 0.3) is 0 Å². The van der Waals surface area contributed by atoms with Gasteiger partial charge in [-0.1, -0.05) is 29.8 Å². The molecular weight excluding hydrogens is 286 g/mol. The number of Topliss-reactive ketones (excluding diaryl/α,β-unsaturated/α-hetero) is 1. The predicted octanol–water partition coefficient (Wildman–Crippen LogP) is 4.15. The first kappa shape index (κ1) is 13.6. The second-order valence-corrected chi connectivity index (χ2v) is 5.00. The van der Waals surface area contributed by atoms with Gasteiger partial charge in [-0.25, -0.2) is 0 Å². The zero-order valence-corrected chi connectivity index (χ0v) is 11.9. The number of halogens is 1. The minimum atomic E-state index is -0.0800. The molecule has 0 saturated carbocycles. The average molecular weight is 298 g/mol. The number of pyridine rings is 1. The zero-order valence-electron chi connectivity index (χ0n) is 11.1. The summed E-state index contributed by atoms with van der Waals surface area (Å²) in [6, 6.07) is 14.4. The van der Waals surface area contributed by atoms with Gasteiger partial charge < -0.3 is 4.74 Å². The van der Waals surface area contributed by atoms with Gasteiger partial charge in [0.1, 0.15) is 5.75 Å². The Balaban J connectivity index is 1.79. The van der Waals surface area contributed by atoms with Gasteiger partial charge in [0.05, 0.1) is 0 Å². The lowest BCUT2D eigenvalue weighted by Crippen LogP contribution is -2.12. The molecule has 1 heterocycles. The summed E-state index contributed by atoms with van der Waals surface area (Å²) in [5, 5.41) is 2.46. The van der Waals surface area contributed by atoms with Crippen LogP contribution in [0.1, 0.15) is 10.4 Å². The lowest BCUT2D eigenvalue weighted by Gasteiger charge is -2.07. The Hall–Kier alpha value is -2.39. The molecule has 0 aliphatic rings. The van der Waals surface area contributed by atoms with E-state index in [1.807, 2.05) is 18.2 Å². The fourth-order valence-electron chi connectivity index (χ4n) is 2.11. The van der Waals surface area contributed by atoms with Gasteiger partial charge in [0, 0.05) is 28.4 Å². The van der Waals surface area contributed by atoms with Gasteiger partial charge in [-0.05, 0) is 35.7 Å². The van der Waals surface area contributed by atoms with Crippen LogP contribution in [0.2, 0.25) is 5.02 Å². The highest BCUT2D eigenvalue weighted by Crippen LogP contribution is 2.19. The summed E-state index contributed by atoms with van der Waals surface area (Å²) in [7, 11) is 0. The van der Waals surface area contributed by atoms with Crippen LogP contribution in [0.3, 0.4) is 0 Å². The molecule has 3 aromatic rings. The van der Waals surface area contributed by atoms with E-state index in [4.69, 9.17) is 16.3 Å². The van der Waals surface area contributed by atoms with Gasteiger partial charge in [-0.3, -0.25) is 9.78 Å². The molecule has 0 aliphatic heterocycles. The number of ketones is 1. The monoisotopic (exact) mass is 297 g/mol. The first-order valence-corrected chi connectivity index (χ1v) is 6.86. The molecule has 2 aromatic carbocycles. The Morgan fingerprint density at radius 1 is 1.10 bits per heavy atom. The lowest BCUT2D eigenvalue weighted by molar-refractivity contribution is 0.0923. The summed E-state index contributed by atoms with van der Waals surface area (Å²) >= 11 is 5.81. The molecule has 0 aliphatic carbocycles. The summed E-state index contributed by atoms with van der Waals surface area (Å²) < 4.78 is 5.50. The smallest absolute Gasteiger partial charge is 0.200 e. The zero-order chi connectivity index (χ0) is 14.7. The molecule has 0 atom stereocenters. The van der Waals surface area contributed by atoms with Crippen molar-refractivity contribution in [3.8, 4) is 5.75 Å². The maximum Gasteiger partial charge on any atom is 0.200 e. The SMILES string of the molecule is O=C(COc1ccc(Cl)cc1)c1cccc2ccncc12. The van der Waals surface area contributed by atoms with E-state index in [2.05, 4.69) is 4.98 Å². The molecule has 0 radical (unpaired) electrons. The topological polar surface area (TPSA) is 39.2 Å². The predicted molar refractivity (Wildman–Crippen MR) is 83.0 cm³/mol. The average Bonchev–Trinajstić information content (AvgIpc) is 2.53. The Kier molecular flexibility index (Phi) is 3.84. The van der Waals surface area contributed by atoms with Crippen molar-refractivity contribution < 1.29 is 9.53 Å². The summed E-state index contributed by atoms with van der Waals surface area (Å²) in [4.78, 5) is 16.4. The fraction of sp³-hybridized carbons (Fsp3) is 0.0588. The summed E-state index contributed by atoms with van der Waals surface area (Å²) in [5.41, 5.74) is 0.620. The van der Waals surface area contributed by atoms with Gasteiger partial charge in [0.2, 0.25) is 5.78 Å². The van der Waals surface area contributed by atoms with E-state index in [1.54, 1.807) is 42.7 Å². The van der Waals surface area contributed by atoms with Crippen molar-refractivity contribution in [1.29, 1.82) is 0 Å². The maximum absolute atomic E-state index is 12.3. The van der Waals surface area contributed by atoms with Gasteiger partial charge in [-0.2, -0.15) is 0 Å². The van der Waals surface area contributed by atoms with Crippen LogP contribution in [0.25, 0.3) is 10.8 Å². The second-order valence-electron chi connectivity index (χ2n) is 4.57. The number of ether oxygens (including phenoxy) is 1. The van der Waals surface area contributed by atoms with Crippen molar-refractivity contribution in [3.05, 3.63) is 71.5 Å². The number of carbonyl (C=O) groups is 1. The van der Waals surface area contributed by atoms with E-state index in [-0.39, 0.29) is 12.4 Å². The number of aromatic nitrogens is 1. The number of hydrogen-bond acceptors (Lipinski definition) is 3. The third-order valence-corrected chi connectivity index (χ3v) is 3.42. The molecular formula is C17H12ClNO2. The first-order chi connectivity index (χ1) is 10.2. The number of fused-ring (bicyclic) bond motifs is 1. The van der Waals surface area contributed by atoms with Crippen molar-refractivity contribution in [2.24, 2.45) is 0 Å². The van der Waals surface area contributed by atoms with E-state index < -0.39 is 0 Å². The third-order valence-electron chi connectivity index (χ3n) is 3.17. The molecule has 21 heavy (non-hydrogen) atoms. The van der Waals surface area contributed by atoms with E-state index in [0.717, 1.165) is 10.8 Å². The van der Waals surface area contributed by atoms with Crippen LogP contribution in [-0.2, 0) is 0 Å². The number of rotatable bonds is 4. The lowest BCUT2D eigenvalue weighted by atomic mass is 10.0. The van der Waals surface area contributed by atoms with Crippen LogP contribution in [0, 0.1) is 0 Å². The van der Waals surface area contributed by atoms with E-state index in [9.17, 15) is 4.79 Å². The minimum absolute atomic E-state index is 0.0182. The molecule has 4 heteroatoms. The minimum Gasteiger partial charge on any atom is -0.485 e.